The first kappa shape index (κ1) is 26.2. The van der Waals surface area contributed by atoms with E-state index >= 15 is 0 Å². The summed E-state index contributed by atoms with van der Waals surface area (Å²) in [5.41, 5.74) is 7.11. The lowest BCUT2D eigenvalue weighted by Gasteiger charge is -2.25. The Bertz CT molecular complexity index is 788. The molecule has 9 heteroatoms. The van der Waals surface area contributed by atoms with E-state index in [9.17, 15) is 18.0 Å². The minimum Gasteiger partial charge on any atom is -0.340 e. The highest BCUT2D eigenvalue weighted by Gasteiger charge is 2.30. The fourth-order valence-corrected chi connectivity index (χ4v) is 3.41. The van der Waals surface area contributed by atoms with Crippen molar-refractivity contribution >= 4 is 30.7 Å². The van der Waals surface area contributed by atoms with Crippen molar-refractivity contribution < 1.29 is 18.0 Å². The maximum absolute atomic E-state index is 12.7. The number of hydrogen-bond acceptors (Lipinski definition) is 3. The Morgan fingerprint density at radius 3 is 2.17 bits per heavy atom. The average Bonchev–Trinajstić information content (AvgIpc) is 2.93. The van der Waals surface area contributed by atoms with Gasteiger partial charge in [0.05, 0.1) is 5.56 Å². The molecule has 0 aromatic heterocycles. The van der Waals surface area contributed by atoms with Crippen molar-refractivity contribution in [1.29, 1.82) is 0 Å². The lowest BCUT2D eigenvalue weighted by molar-refractivity contribution is -0.137. The Kier molecular flexibility index (Phi) is 10.1. The number of alkyl halides is 3. The third-order valence-electron chi connectivity index (χ3n) is 5.01. The molecular weight excluding hydrogens is 438 g/mol. The van der Waals surface area contributed by atoms with E-state index in [1.807, 2.05) is 30.3 Å². The second kappa shape index (κ2) is 11.6. The van der Waals surface area contributed by atoms with Crippen LogP contribution >= 0.6 is 24.8 Å². The van der Waals surface area contributed by atoms with Gasteiger partial charge >= 0.3 is 6.18 Å². The Morgan fingerprint density at radius 2 is 1.57 bits per heavy atom. The molecule has 1 unspecified atom stereocenters. The number of rotatable bonds is 4. The number of halogens is 5. The molecule has 1 aliphatic heterocycles. The van der Waals surface area contributed by atoms with Gasteiger partial charge in [-0.3, -0.25) is 9.69 Å². The molecule has 0 saturated carbocycles. The summed E-state index contributed by atoms with van der Waals surface area (Å²) in [4.78, 5) is 16.7. The van der Waals surface area contributed by atoms with Crippen LogP contribution < -0.4 is 5.73 Å². The fourth-order valence-electron chi connectivity index (χ4n) is 3.41. The lowest BCUT2D eigenvalue weighted by atomic mass is 10.1. The van der Waals surface area contributed by atoms with Crippen LogP contribution in [0.5, 0.6) is 0 Å². The van der Waals surface area contributed by atoms with E-state index in [0.29, 0.717) is 26.2 Å². The standard InChI is InChI=1S/C21H24F3N3O.2ClH/c22-21(23,24)18-9-7-16(8-10-18)15-26-11-4-12-27(14-13-26)20(28)19(25)17-5-2-1-3-6-17;;/h1-3,5-10,19H,4,11-15,25H2;2*1H. The molecular formula is C21H26Cl2F3N3O. The molecule has 0 radical (unpaired) electrons. The molecule has 30 heavy (non-hydrogen) atoms. The quantitative estimate of drug-likeness (QED) is 0.735. The molecule has 3 rings (SSSR count). The van der Waals surface area contributed by atoms with E-state index in [2.05, 4.69) is 4.90 Å². The van der Waals surface area contributed by atoms with Crippen LogP contribution in [0.15, 0.2) is 54.6 Å². The summed E-state index contributed by atoms with van der Waals surface area (Å²) >= 11 is 0. The topological polar surface area (TPSA) is 49.6 Å². The van der Waals surface area contributed by atoms with Gasteiger partial charge in [-0.15, -0.1) is 24.8 Å². The van der Waals surface area contributed by atoms with Gasteiger partial charge in [-0.05, 0) is 29.7 Å². The van der Waals surface area contributed by atoms with Crippen LogP contribution in [0.4, 0.5) is 13.2 Å². The number of nitrogens with two attached hydrogens (primary N) is 1. The van der Waals surface area contributed by atoms with Gasteiger partial charge in [0.2, 0.25) is 5.91 Å². The zero-order valence-corrected chi connectivity index (χ0v) is 18.0. The second-order valence-electron chi connectivity index (χ2n) is 7.04. The Morgan fingerprint density at radius 1 is 0.933 bits per heavy atom. The van der Waals surface area contributed by atoms with E-state index < -0.39 is 17.8 Å². The van der Waals surface area contributed by atoms with Gasteiger partial charge in [0.25, 0.3) is 0 Å². The predicted molar refractivity (Wildman–Crippen MR) is 116 cm³/mol. The SMILES string of the molecule is Cl.Cl.NC(C(=O)N1CCCN(Cc2ccc(C(F)(F)F)cc2)CC1)c1ccccc1. The number of nitrogens with zero attached hydrogens (tertiary/aromatic N) is 2. The summed E-state index contributed by atoms with van der Waals surface area (Å²) in [5, 5.41) is 0. The van der Waals surface area contributed by atoms with Crippen molar-refractivity contribution in [2.24, 2.45) is 5.73 Å². The third-order valence-corrected chi connectivity index (χ3v) is 5.01. The summed E-state index contributed by atoms with van der Waals surface area (Å²) in [5.74, 6) is -0.0948. The maximum atomic E-state index is 12.7. The maximum Gasteiger partial charge on any atom is 0.416 e. The first-order valence-electron chi connectivity index (χ1n) is 9.32. The molecule has 2 aromatic rings. The van der Waals surface area contributed by atoms with E-state index in [1.165, 1.54) is 12.1 Å². The van der Waals surface area contributed by atoms with Gasteiger partial charge in [-0.25, -0.2) is 0 Å². The smallest absolute Gasteiger partial charge is 0.340 e. The molecule has 1 saturated heterocycles. The van der Waals surface area contributed by atoms with Crippen LogP contribution in [0, 0.1) is 0 Å². The van der Waals surface area contributed by atoms with Crippen molar-refractivity contribution in [3.8, 4) is 0 Å². The summed E-state index contributed by atoms with van der Waals surface area (Å²) in [7, 11) is 0. The molecule has 1 amide bonds. The summed E-state index contributed by atoms with van der Waals surface area (Å²) in [6.45, 7) is 3.19. The molecule has 2 aromatic carbocycles. The molecule has 166 valence electrons. The number of amides is 1. The third kappa shape index (κ3) is 6.87. The molecule has 0 spiro atoms. The van der Waals surface area contributed by atoms with Crippen LogP contribution in [-0.2, 0) is 17.5 Å². The number of carbonyl (C=O) groups excluding carboxylic acids is 1. The molecule has 2 N–H and O–H groups in total. The largest absolute Gasteiger partial charge is 0.416 e. The highest BCUT2D eigenvalue weighted by Crippen LogP contribution is 2.29. The van der Waals surface area contributed by atoms with Crippen molar-refractivity contribution in [2.75, 3.05) is 26.2 Å². The van der Waals surface area contributed by atoms with E-state index in [-0.39, 0.29) is 30.7 Å². The van der Waals surface area contributed by atoms with Crippen LogP contribution in [0.2, 0.25) is 0 Å². The van der Waals surface area contributed by atoms with Crippen LogP contribution in [0.1, 0.15) is 29.2 Å². The Balaban J connectivity index is 0.00000225. The normalized spacial score (nSPS) is 16.1. The fraction of sp³-hybridized carbons (Fsp3) is 0.381. The summed E-state index contributed by atoms with van der Waals surface area (Å²) in [6.07, 6.45) is -3.52. The highest BCUT2D eigenvalue weighted by molar-refractivity contribution is 5.85. The monoisotopic (exact) mass is 463 g/mol. The molecule has 1 fully saturated rings. The van der Waals surface area contributed by atoms with Gasteiger partial charge < -0.3 is 10.6 Å². The first-order chi connectivity index (χ1) is 13.3. The molecule has 4 nitrogen and oxygen atoms in total. The number of benzene rings is 2. The minimum atomic E-state index is -4.32. The van der Waals surface area contributed by atoms with Gasteiger partial charge in [-0.2, -0.15) is 13.2 Å². The van der Waals surface area contributed by atoms with Crippen molar-refractivity contribution in [3.05, 3.63) is 71.3 Å². The molecule has 1 aliphatic rings. The minimum absolute atomic E-state index is 0. The van der Waals surface area contributed by atoms with Gasteiger partial charge in [0, 0.05) is 32.7 Å². The predicted octanol–water partition coefficient (Wildman–Crippen LogP) is 4.28. The van der Waals surface area contributed by atoms with Gasteiger partial charge in [-0.1, -0.05) is 42.5 Å². The molecule has 1 atom stereocenters. The van der Waals surface area contributed by atoms with Crippen LogP contribution in [-0.4, -0.2) is 41.9 Å². The lowest BCUT2D eigenvalue weighted by Crippen LogP contribution is -2.40. The van der Waals surface area contributed by atoms with E-state index in [1.54, 1.807) is 4.90 Å². The second-order valence-corrected chi connectivity index (χ2v) is 7.04. The van der Waals surface area contributed by atoms with E-state index in [4.69, 9.17) is 5.73 Å². The van der Waals surface area contributed by atoms with Crippen LogP contribution in [0.25, 0.3) is 0 Å². The molecule has 0 aliphatic carbocycles. The highest BCUT2D eigenvalue weighted by atomic mass is 35.5. The molecule has 0 bridgehead atoms. The van der Waals surface area contributed by atoms with E-state index in [0.717, 1.165) is 36.2 Å². The Hall–Kier alpha value is -1.80. The summed E-state index contributed by atoms with van der Waals surface area (Å²) in [6, 6.07) is 13.9. The van der Waals surface area contributed by atoms with Gasteiger partial charge in [0.1, 0.15) is 6.04 Å². The summed E-state index contributed by atoms with van der Waals surface area (Å²) < 4.78 is 38.0. The average molecular weight is 464 g/mol. The van der Waals surface area contributed by atoms with Crippen molar-refractivity contribution in [2.45, 2.75) is 25.2 Å². The molecule has 1 heterocycles. The first-order valence-corrected chi connectivity index (χ1v) is 9.32. The zero-order chi connectivity index (χ0) is 20.1. The van der Waals surface area contributed by atoms with Gasteiger partial charge in [0.15, 0.2) is 0 Å². The van der Waals surface area contributed by atoms with Crippen LogP contribution in [0.3, 0.4) is 0 Å². The van der Waals surface area contributed by atoms with Crippen molar-refractivity contribution in [1.82, 2.24) is 9.80 Å². The van der Waals surface area contributed by atoms with Crippen molar-refractivity contribution in [3.63, 3.8) is 0 Å². The number of carbonyl (C=O) groups is 1. The Labute approximate surface area is 187 Å². The number of hydrogen-bond donors (Lipinski definition) is 1. The zero-order valence-electron chi connectivity index (χ0n) is 16.3.